The van der Waals surface area contributed by atoms with E-state index in [1.54, 1.807) is 6.92 Å². The van der Waals surface area contributed by atoms with Gasteiger partial charge in [0.1, 0.15) is 0 Å². The molecule has 0 saturated heterocycles. The largest absolute Gasteiger partial charge is 0.550 e. The zero-order valence-electron chi connectivity index (χ0n) is 11.9. The number of fused-ring (bicyclic) bond motifs is 2. The molecule has 2 aliphatic rings. The summed E-state index contributed by atoms with van der Waals surface area (Å²) in [6.07, 6.45) is 4.62. The fourth-order valence-corrected chi connectivity index (χ4v) is 3.73. The lowest BCUT2D eigenvalue weighted by atomic mass is 9.69. The SMILES string of the molecule is C[C@@]1(C(=O)[O-])[C@@H]2C=C[C@@H](C2)[C@@H]1C(=O)NCc1ccccc1. The predicted octanol–water partition coefficient (Wildman–Crippen LogP) is 0.881. The van der Waals surface area contributed by atoms with Crippen LogP contribution in [-0.2, 0) is 16.1 Å². The average Bonchev–Trinajstić information content (AvgIpc) is 3.05. The molecule has 4 nitrogen and oxygen atoms in total. The molecule has 0 radical (unpaired) electrons. The van der Waals surface area contributed by atoms with E-state index in [1.807, 2.05) is 42.5 Å². The lowest BCUT2D eigenvalue weighted by Crippen LogP contribution is -2.52. The first-order chi connectivity index (χ1) is 10.0. The maximum absolute atomic E-state index is 12.5. The van der Waals surface area contributed by atoms with Crippen LogP contribution >= 0.6 is 0 Å². The Morgan fingerprint density at radius 2 is 2.00 bits per heavy atom. The van der Waals surface area contributed by atoms with Gasteiger partial charge in [0.15, 0.2) is 0 Å². The molecule has 1 N–H and O–H groups in total. The van der Waals surface area contributed by atoms with Crippen molar-refractivity contribution in [2.75, 3.05) is 0 Å². The molecule has 1 aromatic rings. The molecule has 3 rings (SSSR count). The van der Waals surface area contributed by atoms with Gasteiger partial charge in [0.25, 0.3) is 0 Å². The van der Waals surface area contributed by atoms with E-state index in [9.17, 15) is 14.7 Å². The first-order valence-electron chi connectivity index (χ1n) is 7.25. The summed E-state index contributed by atoms with van der Waals surface area (Å²) in [5.74, 6) is -1.95. The van der Waals surface area contributed by atoms with Crippen molar-refractivity contribution < 1.29 is 14.7 Å². The summed E-state index contributed by atoms with van der Waals surface area (Å²) in [4.78, 5) is 24.1. The van der Waals surface area contributed by atoms with E-state index in [0.717, 1.165) is 12.0 Å². The summed E-state index contributed by atoms with van der Waals surface area (Å²) >= 11 is 0. The van der Waals surface area contributed by atoms with Crippen LogP contribution in [0.3, 0.4) is 0 Å². The number of allylic oxidation sites excluding steroid dienone is 2. The van der Waals surface area contributed by atoms with Gasteiger partial charge in [-0.15, -0.1) is 0 Å². The highest BCUT2D eigenvalue weighted by Crippen LogP contribution is 2.55. The lowest BCUT2D eigenvalue weighted by molar-refractivity contribution is -0.321. The van der Waals surface area contributed by atoms with Crippen LogP contribution in [0.2, 0.25) is 0 Å². The standard InChI is InChI=1S/C17H19NO3/c1-17(16(20)21)13-8-7-12(9-13)14(17)15(19)18-10-11-5-3-2-4-6-11/h2-8,12-14H,9-10H2,1H3,(H,18,19)(H,20,21)/p-1/t12-,13+,14+,17+/m0/s1. The highest BCUT2D eigenvalue weighted by Gasteiger charge is 2.56. The van der Waals surface area contributed by atoms with Crippen molar-refractivity contribution in [2.24, 2.45) is 23.2 Å². The van der Waals surface area contributed by atoms with Crippen molar-refractivity contribution in [1.29, 1.82) is 0 Å². The second-order valence-corrected chi connectivity index (χ2v) is 6.14. The van der Waals surface area contributed by atoms with Crippen molar-refractivity contribution in [2.45, 2.75) is 19.9 Å². The zero-order chi connectivity index (χ0) is 15.0. The molecule has 4 atom stereocenters. The number of hydrogen-bond acceptors (Lipinski definition) is 3. The monoisotopic (exact) mass is 284 g/mol. The van der Waals surface area contributed by atoms with E-state index in [-0.39, 0.29) is 17.7 Å². The average molecular weight is 284 g/mol. The van der Waals surface area contributed by atoms with Crippen LogP contribution in [-0.4, -0.2) is 11.9 Å². The van der Waals surface area contributed by atoms with Gasteiger partial charge in [-0.05, 0) is 23.8 Å². The maximum atomic E-state index is 12.5. The molecule has 2 aliphatic carbocycles. The van der Waals surface area contributed by atoms with E-state index >= 15 is 0 Å². The summed E-state index contributed by atoms with van der Waals surface area (Å²) in [5.41, 5.74) is -0.0973. The molecule has 1 amide bonds. The summed E-state index contributed by atoms with van der Waals surface area (Å²) < 4.78 is 0. The van der Waals surface area contributed by atoms with Crippen molar-refractivity contribution >= 4 is 11.9 Å². The summed E-state index contributed by atoms with van der Waals surface area (Å²) in [7, 11) is 0. The predicted molar refractivity (Wildman–Crippen MR) is 75.6 cm³/mol. The van der Waals surface area contributed by atoms with Crippen molar-refractivity contribution in [1.82, 2.24) is 5.32 Å². The summed E-state index contributed by atoms with van der Waals surface area (Å²) in [6.45, 7) is 2.06. The highest BCUT2D eigenvalue weighted by molar-refractivity contribution is 5.88. The van der Waals surface area contributed by atoms with E-state index in [4.69, 9.17) is 0 Å². The maximum Gasteiger partial charge on any atom is 0.224 e. The molecular weight excluding hydrogens is 266 g/mol. The minimum Gasteiger partial charge on any atom is -0.550 e. The van der Waals surface area contributed by atoms with E-state index < -0.39 is 17.3 Å². The van der Waals surface area contributed by atoms with Gasteiger partial charge < -0.3 is 15.2 Å². The van der Waals surface area contributed by atoms with Gasteiger partial charge >= 0.3 is 0 Å². The van der Waals surface area contributed by atoms with Gasteiger partial charge in [-0.1, -0.05) is 49.4 Å². The highest BCUT2D eigenvalue weighted by atomic mass is 16.4. The number of carboxylic acids is 1. The Bertz CT molecular complexity index is 595. The van der Waals surface area contributed by atoms with Crippen molar-refractivity contribution in [3.05, 3.63) is 48.0 Å². The Labute approximate surface area is 123 Å². The molecule has 0 heterocycles. The van der Waals surface area contributed by atoms with Crippen LogP contribution in [0.4, 0.5) is 0 Å². The Morgan fingerprint density at radius 1 is 1.29 bits per heavy atom. The van der Waals surface area contributed by atoms with Crippen LogP contribution in [0.25, 0.3) is 0 Å². The topological polar surface area (TPSA) is 69.2 Å². The number of carbonyl (C=O) groups excluding carboxylic acids is 2. The van der Waals surface area contributed by atoms with Gasteiger partial charge in [-0.3, -0.25) is 4.79 Å². The van der Waals surface area contributed by atoms with Crippen molar-refractivity contribution in [3.63, 3.8) is 0 Å². The molecule has 21 heavy (non-hydrogen) atoms. The Balaban J connectivity index is 1.75. The van der Waals surface area contributed by atoms with Gasteiger partial charge in [0.2, 0.25) is 5.91 Å². The quantitative estimate of drug-likeness (QED) is 0.835. The number of aliphatic carboxylic acids is 1. The fourth-order valence-electron chi connectivity index (χ4n) is 3.73. The van der Waals surface area contributed by atoms with Crippen LogP contribution in [0.1, 0.15) is 18.9 Å². The second-order valence-electron chi connectivity index (χ2n) is 6.14. The van der Waals surface area contributed by atoms with E-state index in [0.29, 0.717) is 6.54 Å². The first-order valence-corrected chi connectivity index (χ1v) is 7.25. The third kappa shape index (κ3) is 2.15. The van der Waals surface area contributed by atoms with E-state index in [1.165, 1.54) is 0 Å². The lowest BCUT2D eigenvalue weighted by Gasteiger charge is -2.38. The number of carboxylic acid groups (broad SMARTS) is 1. The number of carbonyl (C=O) groups is 2. The van der Waals surface area contributed by atoms with E-state index in [2.05, 4.69) is 5.32 Å². The molecule has 0 unspecified atom stereocenters. The number of hydrogen-bond donors (Lipinski definition) is 1. The molecule has 0 spiro atoms. The molecule has 0 aromatic heterocycles. The normalized spacial score (nSPS) is 33.1. The molecule has 4 heteroatoms. The molecule has 1 aromatic carbocycles. The number of amides is 1. The number of rotatable bonds is 4. The Morgan fingerprint density at radius 3 is 2.67 bits per heavy atom. The molecule has 1 fully saturated rings. The molecular formula is C17H18NO3-. The fraction of sp³-hybridized carbons (Fsp3) is 0.412. The van der Waals surface area contributed by atoms with Gasteiger partial charge in [0.05, 0.1) is 5.92 Å². The number of nitrogens with one attached hydrogen (secondary N) is 1. The third-order valence-corrected chi connectivity index (χ3v) is 4.99. The smallest absolute Gasteiger partial charge is 0.224 e. The molecule has 110 valence electrons. The first kappa shape index (κ1) is 13.9. The Kier molecular flexibility index (Phi) is 3.32. The van der Waals surface area contributed by atoms with Gasteiger partial charge in [-0.2, -0.15) is 0 Å². The summed E-state index contributed by atoms with van der Waals surface area (Å²) in [6, 6.07) is 9.59. The van der Waals surface area contributed by atoms with Crippen LogP contribution in [0.5, 0.6) is 0 Å². The molecule has 1 saturated carbocycles. The Hall–Kier alpha value is -2.10. The second kappa shape index (κ2) is 5.02. The zero-order valence-corrected chi connectivity index (χ0v) is 11.9. The minimum absolute atomic E-state index is 0.00803. The van der Waals surface area contributed by atoms with Crippen LogP contribution < -0.4 is 10.4 Å². The summed E-state index contributed by atoms with van der Waals surface area (Å²) in [5, 5.41) is 14.4. The molecule has 2 bridgehead atoms. The minimum atomic E-state index is -1.13. The van der Waals surface area contributed by atoms with Crippen LogP contribution in [0.15, 0.2) is 42.5 Å². The van der Waals surface area contributed by atoms with Gasteiger partial charge in [0, 0.05) is 17.9 Å². The third-order valence-electron chi connectivity index (χ3n) is 4.99. The van der Waals surface area contributed by atoms with Gasteiger partial charge in [-0.25, -0.2) is 0 Å². The molecule has 0 aliphatic heterocycles. The van der Waals surface area contributed by atoms with Crippen LogP contribution in [0, 0.1) is 23.2 Å². The number of benzene rings is 1. The van der Waals surface area contributed by atoms with Crippen molar-refractivity contribution in [3.8, 4) is 0 Å².